The van der Waals surface area contributed by atoms with E-state index in [0.717, 1.165) is 7.11 Å². The molecule has 0 aromatic heterocycles. The van der Waals surface area contributed by atoms with Gasteiger partial charge in [-0.2, -0.15) is 26.3 Å². The average molecular weight is 319 g/mol. The minimum Gasteiger partial charge on any atom is -0.468 e. The highest BCUT2D eigenvalue weighted by molar-refractivity contribution is 5.78. The van der Waals surface area contributed by atoms with Gasteiger partial charge in [-0.3, -0.25) is 4.79 Å². The monoisotopic (exact) mass is 319 g/mol. The molecular weight excluding hydrogens is 311 g/mol. The largest absolute Gasteiger partial charge is 0.468 e. The lowest BCUT2D eigenvalue weighted by Crippen LogP contribution is -2.28. The smallest absolute Gasteiger partial charge is 0.416 e. The molecule has 0 saturated carbocycles. The van der Waals surface area contributed by atoms with Crippen LogP contribution < -0.4 is 5.73 Å². The standard InChI is InChI=1S/C11H8F7NO2/c1-21-9(20)8(19)7-5(11(16,17)18)2-4(3-6(7)12)10(13,14)15/h2-3,8H,19H2,1H3/t8-/m1/s1. The summed E-state index contributed by atoms with van der Waals surface area (Å²) < 4.78 is 93.4. The van der Waals surface area contributed by atoms with E-state index in [1.54, 1.807) is 0 Å². The first-order valence-electron chi connectivity index (χ1n) is 5.20. The number of benzene rings is 1. The van der Waals surface area contributed by atoms with E-state index in [-0.39, 0.29) is 12.1 Å². The number of hydrogen-bond donors (Lipinski definition) is 1. The van der Waals surface area contributed by atoms with Crippen LogP contribution in [0.25, 0.3) is 0 Å². The van der Waals surface area contributed by atoms with E-state index in [4.69, 9.17) is 5.73 Å². The lowest BCUT2D eigenvalue weighted by atomic mass is 9.96. The third kappa shape index (κ3) is 3.63. The minimum absolute atomic E-state index is 0.159. The Morgan fingerprint density at radius 3 is 2.05 bits per heavy atom. The van der Waals surface area contributed by atoms with Gasteiger partial charge in [0.05, 0.1) is 18.2 Å². The molecule has 0 aliphatic rings. The molecule has 10 heteroatoms. The zero-order valence-corrected chi connectivity index (χ0v) is 10.3. The highest BCUT2D eigenvalue weighted by atomic mass is 19.4. The quantitative estimate of drug-likeness (QED) is 0.673. The molecule has 1 aromatic rings. The molecule has 1 atom stereocenters. The van der Waals surface area contributed by atoms with Gasteiger partial charge in [-0.1, -0.05) is 0 Å². The maximum atomic E-state index is 13.6. The van der Waals surface area contributed by atoms with Gasteiger partial charge >= 0.3 is 18.3 Å². The molecule has 0 amide bonds. The maximum absolute atomic E-state index is 13.6. The number of carbonyl (C=O) groups excluding carboxylic acids is 1. The van der Waals surface area contributed by atoms with Gasteiger partial charge in [0, 0.05) is 5.56 Å². The first-order valence-corrected chi connectivity index (χ1v) is 5.20. The van der Waals surface area contributed by atoms with E-state index in [1.807, 2.05) is 0 Å². The summed E-state index contributed by atoms with van der Waals surface area (Å²) in [6.45, 7) is 0. The fourth-order valence-corrected chi connectivity index (χ4v) is 1.58. The van der Waals surface area contributed by atoms with Gasteiger partial charge in [0.15, 0.2) is 0 Å². The molecule has 0 fully saturated rings. The van der Waals surface area contributed by atoms with Crippen LogP contribution in [0, 0.1) is 5.82 Å². The third-order valence-corrected chi connectivity index (χ3v) is 2.53. The first kappa shape index (κ1) is 17.2. The first-order chi connectivity index (χ1) is 9.39. The molecule has 118 valence electrons. The van der Waals surface area contributed by atoms with Crippen molar-refractivity contribution in [3.8, 4) is 0 Å². The van der Waals surface area contributed by atoms with Gasteiger partial charge in [0.25, 0.3) is 0 Å². The number of alkyl halides is 6. The van der Waals surface area contributed by atoms with Crippen molar-refractivity contribution in [2.45, 2.75) is 18.4 Å². The number of ether oxygens (including phenoxy) is 1. The second-order valence-corrected chi connectivity index (χ2v) is 3.92. The Hall–Kier alpha value is -1.84. The van der Waals surface area contributed by atoms with Gasteiger partial charge in [-0.15, -0.1) is 0 Å². The molecule has 0 radical (unpaired) electrons. The summed E-state index contributed by atoms with van der Waals surface area (Å²) in [4.78, 5) is 11.1. The van der Waals surface area contributed by atoms with Crippen molar-refractivity contribution in [3.05, 3.63) is 34.6 Å². The van der Waals surface area contributed by atoms with Crippen LogP contribution in [0.4, 0.5) is 30.7 Å². The van der Waals surface area contributed by atoms with E-state index in [1.165, 1.54) is 0 Å². The summed E-state index contributed by atoms with van der Waals surface area (Å²) >= 11 is 0. The van der Waals surface area contributed by atoms with E-state index < -0.39 is 46.9 Å². The van der Waals surface area contributed by atoms with Gasteiger partial charge in [0.2, 0.25) is 0 Å². The summed E-state index contributed by atoms with van der Waals surface area (Å²) in [6, 6.07) is -2.66. The van der Waals surface area contributed by atoms with Crippen LogP contribution in [0.3, 0.4) is 0 Å². The molecule has 0 bridgehead atoms. The number of halogens is 7. The van der Waals surface area contributed by atoms with Crippen molar-refractivity contribution < 1.29 is 40.3 Å². The number of rotatable bonds is 2. The van der Waals surface area contributed by atoms with Crippen molar-refractivity contribution >= 4 is 5.97 Å². The predicted octanol–water partition coefficient (Wildman–Crippen LogP) is 3.04. The van der Waals surface area contributed by atoms with E-state index in [0.29, 0.717) is 0 Å². The lowest BCUT2D eigenvalue weighted by molar-refractivity contribution is -0.145. The van der Waals surface area contributed by atoms with Crippen molar-refractivity contribution in [1.82, 2.24) is 0 Å². The zero-order valence-electron chi connectivity index (χ0n) is 10.3. The molecule has 0 unspecified atom stereocenters. The molecule has 0 saturated heterocycles. The van der Waals surface area contributed by atoms with Crippen molar-refractivity contribution in [3.63, 3.8) is 0 Å². The second-order valence-electron chi connectivity index (χ2n) is 3.92. The summed E-state index contributed by atoms with van der Waals surface area (Å²) in [5.41, 5.74) is -0.109. The highest BCUT2D eigenvalue weighted by Crippen LogP contribution is 2.40. The van der Waals surface area contributed by atoms with Gasteiger partial charge in [0.1, 0.15) is 11.9 Å². The SMILES string of the molecule is COC(=O)[C@H](N)c1c(F)cc(C(F)(F)F)cc1C(F)(F)F. The summed E-state index contributed by atoms with van der Waals surface area (Å²) in [5, 5.41) is 0. The van der Waals surface area contributed by atoms with Gasteiger partial charge in [-0.05, 0) is 12.1 Å². The molecule has 0 aliphatic carbocycles. The van der Waals surface area contributed by atoms with Crippen LogP contribution in [0.5, 0.6) is 0 Å². The Labute approximate surface area is 113 Å². The maximum Gasteiger partial charge on any atom is 0.416 e. The Balaban J connectivity index is 3.61. The van der Waals surface area contributed by atoms with Crippen LogP contribution in [0.2, 0.25) is 0 Å². The Morgan fingerprint density at radius 1 is 1.14 bits per heavy atom. The molecule has 1 aromatic carbocycles. The van der Waals surface area contributed by atoms with Gasteiger partial charge in [-0.25, -0.2) is 4.39 Å². The van der Waals surface area contributed by atoms with Crippen LogP contribution in [0.15, 0.2) is 12.1 Å². The molecule has 1 rings (SSSR count). The number of carbonyl (C=O) groups is 1. The number of methoxy groups -OCH3 is 1. The van der Waals surface area contributed by atoms with Crippen molar-refractivity contribution in [2.24, 2.45) is 5.73 Å². The van der Waals surface area contributed by atoms with Gasteiger partial charge < -0.3 is 10.5 Å². The molecule has 0 spiro atoms. The Bertz CT molecular complexity index is 551. The van der Waals surface area contributed by atoms with Crippen molar-refractivity contribution in [2.75, 3.05) is 7.11 Å². The molecular formula is C11H8F7NO2. The fourth-order valence-electron chi connectivity index (χ4n) is 1.58. The van der Waals surface area contributed by atoms with Crippen LogP contribution in [-0.2, 0) is 21.9 Å². The molecule has 2 N–H and O–H groups in total. The zero-order chi connectivity index (χ0) is 16.6. The Morgan fingerprint density at radius 2 is 1.67 bits per heavy atom. The lowest BCUT2D eigenvalue weighted by Gasteiger charge is -2.19. The average Bonchev–Trinajstić information content (AvgIpc) is 2.33. The Kier molecular flexibility index (Phi) is 4.51. The summed E-state index contributed by atoms with van der Waals surface area (Å²) in [6.07, 6.45) is -10.5. The van der Waals surface area contributed by atoms with E-state index in [2.05, 4.69) is 4.74 Å². The summed E-state index contributed by atoms with van der Waals surface area (Å²) in [7, 11) is 0.789. The van der Waals surface area contributed by atoms with E-state index in [9.17, 15) is 35.5 Å². The van der Waals surface area contributed by atoms with Crippen LogP contribution in [0.1, 0.15) is 22.7 Å². The fraction of sp³-hybridized carbons (Fsp3) is 0.364. The number of esters is 1. The number of hydrogen-bond acceptors (Lipinski definition) is 3. The van der Waals surface area contributed by atoms with E-state index >= 15 is 0 Å². The number of nitrogens with two attached hydrogens (primary N) is 1. The van der Waals surface area contributed by atoms with Crippen LogP contribution in [-0.4, -0.2) is 13.1 Å². The molecule has 21 heavy (non-hydrogen) atoms. The predicted molar refractivity (Wildman–Crippen MR) is 55.3 cm³/mol. The normalized spacial score (nSPS) is 14.0. The minimum atomic E-state index is -5.33. The highest BCUT2D eigenvalue weighted by Gasteiger charge is 2.42. The summed E-state index contributed by atoms with van der Waals surface area (Å²) in [5.74, 6) is -3.31. The molecule has 0 aliphatic heterocycles. The van der Waals surface area contributed by atoms with Crippen molar-refractivity contribution in [1.29, 1.82) is 0 Å². The molecule has 0 heterocycles. The van der Waals surface area contributed by atoms with Crippen LogP contribution >= 0.6 is 0 Å². The molecule has 3 nitrogen and oxygen atoms in total. The topological polar surface area (TPSA) is 52.3 Å². The second kappa shape index (κ2) is 5.51. The third-order valence-electron chi connectivity index (χ3n) is 2.53.